The molecule has 0 saturated carbocycles. The van der Waals surface area contributed by atoms with Crippen LogP contribution < -0.4 is 5.32 Å². The zero-order chi connectivity index (χ0) is 16.6. The van der Waals surface area contributed by atoms with Crippen molar-refractivity contribution in [3.05, 3.63) is 106 Å². The molecule has 3 aromatic carbocycles. The number of hydrogen-bond acceptors (Lipinski definition) is 1. The van der Waals surface area contributed by atoms with Gasteiger partial charge >= 0.3 is 0 Å². The molecule has 0 aromatic heterocycles. The first kappa shape index (κ1) is 15.0. The van der Waals surface area contributed by atoms with Crippen molar-refractivity contribution in [3.63, 3.8) is 0 Å². The normalized spacial score (nSPS) is 19.0. The van der Waals surface area contributed by atoms with Crippen LogP contribution in [0.3, 0.4) is 0 Å². The van der Waals surface area contributed by atoms with Crippen LogP contribution in [0.4, 0.5) is 0 Å². The monoisotopic (exact) mass is 333 g/mol. The third-order valence-corrected chi connectivity index (χ3v) is 4.86. The van der Waals surface area contributed by atoms with Crippen molar-refractivity contribution in [2.75, 3.05) is 0 Å². The molecular weight excluding hydrogens is 318 g/mol. The van der Waals surface area contributed by atoms with Crippen molar-refractivity contribution >= 4 is 17.5 Å². The van der Waals surface area contributed by atoms with Crippen molar-refractivity contribution < 1.29 is 4.79 Å². The molecule has 0 bridgehead atoms. The van der Waals surface area contributed by atoms with Gasteiger partial charge in [0, 0.05) is 17.0 Å². The van der Waals surface area contributed by atoms with Crippen molar-refractivity contribution in [1.82, 2.24) is 5.32 Å². The fraction of sp³-hybridized carbons (Fsp3) is 0.0952. The van der Waals surface area contributed by atoms with Gasteiger partial charge in [-0.05, 0) is 34.9 Å². The summed E-state index contributed by atoms with van der Waals surface area (Å²) < 4.78 is 0. The van der Waals surface area contributed by atoms with E-state index >= 15 is 0 Å². The Labute approximate surface area is 146 Å². The molecule has 1 amide bonds. The fourth-order valence-corrected chi connectivity index (χ4v) is 3.61. The lowest BCUT2D eigenvalue weighted by Gasteiger charge is -2.31. The number of hydrogen-bond donors (Lipinski definition) is 1. The number of amides is 1. The Morgan fingerprint density at radius 2 is 1.50 bits per heavy atom. The molecule has 1 atom stereocenters. The summed E-state index contributed by atoms with van der Waals surface area (Å²) in [4.78, 5) is 12.6. The van der Waals surface area contributed by atoms with E-state index in [1.54, 1.807) is 0 Å². The summed E-state index contributed by atoms with van der Waals surface area (Å²) in [5.41, 5.74) is 3.39. The Morgan fingerprint density at radius 3 is 2.25 bits per heavy atom. The van der Waals surface area contributed by atoms with Gasteiger partial charge in [0.25, 0.3) is 5.91 Å². The molecule has 1 aliphatic rings. The standard InChI is InChI=1S/C21H16ClNO/c22-17-12-10-16(11-13-17)21(14-15-6-2-1-3-7-15)19-9-5-4-8-18(19)20(24)23-21/h1-13H,14H2,(H,23,24). The van der Waals surface area contributed by atoms with Gasteiger partial charge in [0.05, 0.1) is 5.54 Å². The molecule has 118 valence electrons. The molecular formula is C21H16ClNO. The van der Waals surface area contributed by atoms with Gasteiger partial charge in [-0.3, -0.25) is 4.79 Å². The number of benzene rings is 3. The predicted molar refractivity (Wildman–Crippen MR) is 96.3 cm³/mol. The molecule has 0 saturated heterocycles. The highest BCUT2D eigenvalue weighted by Crippen LogP contribution is 2.40. The highest BCUT2D eigenvalue weighted by Gasteiger charge is 2.44. The maximum Gasteiger partial charge on any atom is 0.252 e. The van der Waals surface area contributed by atoms with Gasteiger partial charge in [-0.15, -0.1) is 0 Å². The van der Waals surface area contributed by atoms with E-state index < -0.39 is 5.54 Å². The van der Waals surface area contributed by atoms with E-state index in [1.165, 1.54) is 5.56 Å². The van der Waals surface area contributed by atoms with Gasteiger partial charge in [0.1, 0.15) is 0 Å². The largest absolute Gasteiger partial charge is 0.338 e. The summed E-state index contributed by atoms with van der Waals surface area (Å²) in [6.07, 6.45) is 0.693. The molecule has 2 nitrogen and oxygen atoms in total. The first-order valence-electron chi connectivity index (χ1n) is 7.91. The molecule has 3 heteroatoms. The first-order valence-corrected chi connectivity index (χ1v) is 8.29. The van der Waals surface area contributed by atoms with Crippen LogP contribution in [-0.2, 0) is 12.0 Å². The molecule has 0 aliphatic carbocycles. The van der Waals surface area contributed by atoms with Crippen molar-refractivity contribution in [1.29, 1.82) is 0 Å². The smallest absolute Gasteiger partial charge is 0.252 e. The summed E-state index contributed by atoms with van der Waals surface area (Å²) in [7, 11) is 0. The Kier molecular flexibility index (Phi) is 3.62. The minimum Gasteiger partial charge on any atom is -0.338 e. The van der Waals surface area contributed by atoms with Crippen LogP contribution in [0.2, 0.25) is 5.02 Å². The molecule has 1 aliphatic heterocycles. The van der Waals surface area contributed by atoms with Crippen LogP contribution in [0.5, 0.6) is 0 Å². The molecule has 1 unspecified atom stereocenters. The van der Waals surface area contributed by atoms with E-state index in [4.69, 9.17) is 11.6 Å². The van der Waals surface area contributed by atoms with E-state index in [0.29, 0.717) is 11.4 Å². The van der Waals surface area contributed by atoms with E-state index in [-0.39, 0.29) is 5.91 Å². The highest BCUT2D eigenvalue weighted by molar-refractivity contribution is 6.30. The summed E-state index contributed by atoms with van der Waals surface area (Å²) in [5, 5.41) is 3.92. The Bertz CT molecular complexity index is 889. The SMILES string of the molecule is O=C1NC(Cc2ccccc2)(c2ccc(Cl)cc2)c2ccccc21. The summed E-state index contributed by atoms with van der Waals surface area (Å²) >= 11 is 6.07. The number of fused-ring (bicyclic) bond motifs is 1. The minimum atomic E-state index is -0.570. The second-order valence-corrected chi connectivity index (χ2v) is 6.51. The first-order chi connectivity index (χ1) is 11.7. The lowest BCUT2D eigenvalue weighted by molar-refractivity contribution is 0.0940. The van der Waals surface area contributed by atoms with E-state index in [1.807, 2.05) is 66.7 Å². The van der Waals surface area contributed by atoms with Crippen molar-refractivity contribution in [3.8, 4) is 0 Å². The molecule has 0 spiro atoms. The topological polar surface area (TPSA) is 29.1 Å². The van der Waals surface area contributed by atoms with Gasteiger partial charge < -0.3 is 5.32 Å². The van der Waals surface area contributed by atoms with Crippen LogP contribution >= 0.6 is 11.6 Å². The van der Waals surface area contributed by atoms with E-state index in [0.717, 1.165) is 16.7 Å². The third kappa shape index (κ3) is 2.40. The lowest BCUT2D eigenvalue weighted by Crippen LogP contribution is -2.42. The number of carbonyl (C=O) groups is 1. The number of carbonyl (C=O) groups excluding carboxylic acids is 1. The molecule has 1 heterocycles. The molecule has 0 radical (unpaired) electrons. The minimum absolute atomic E-state index is 0.0310. The number of nitrogens with one attached hydrogen (secondary N) is 1. The zero-order valence-corrected chi connectivity index (χ0v) is 13.8. The van der Waals surface area contributed by atoms with Gasteiger partial charge in [-0.2, -0.15) is 0 Å². The van der Waals surface area contributed by atoms with Crippen molar-refractivity contribution in [2.45, 2.75) is 12.0 Å². The average molecular weight is 334 g/mol. The second kappa shape index (κ2) is 5.81. The molecule has 3 aromatic rings. The summed E-state index contributed by atoms with van der Waals surface area (Å²) in [6, 6.07) is 25.7. The maximum absolute atomic E-state index is 12.6. The van der Waals surface area contributed by atoms with Gasteiger partial charge in [-0.1, -0.05) is 72.3 Å². The van der Waals surface area contributed by atoms with Gasteiger partial charge in [0.15, 0.2) is 0 Å². The molecule has 4 rings (SSSR count). The van der Waals surface area contributed by atoms with Crippen LogP contribution in [0.25, 0.3) is 0 Å². The van der Waals surface area contributed by atoms with Crippen LogP contribution in [-0.4, -0.2) is 5.91 Å². The van der Waals surface area contributed by atoms with E-state index in [2.05, 4.69) is 17.4 Å². The Hall–Kier alpha value is -2.58. The van der Waals surface area contributed by atoms with Gasteiger partial charge in [0.2, 0.25) is 0 Å². The van der Waals surface area contributed by atoms with Crippen molar-refractivity contribution in [2.24, 2.45) is 0 Å². The fourth-order valence-electron chi connectivity index (χ4n) is 3.49. The lowest BCUT2D eigenvalue weighted by atomic mass is 9.79. The molecule has 0 fully saturated rings. The maximum atomic E-state index is 12.6. The predicted octanol–water partition coefficient (Wildman–Crippen LogP) is 4.57. The highest BCUT2D eigenvalue weighted by atomic mass is 35.5. The third-order valence-electron chi connectivity index (χ3n) is 4.61. The summed E-state index contributed by atoms with van der Waals surface area (Å²) in [6.45, 7) is 0. The number of rotatable bonds is 3. The average Bonchev–Trinajstić information content (AvgIpc) is 2.90. The second-order valence-electron chi connectivity index (χ2n) is 6.07. The number of halogens is 1. The van der Waals surface area contributed by atoms with Crippen LogP contribution in [0.15, 0.2) is 78.9 Å². The Balaban J connectivity index is 1.91. The zero-order valence-electron chi connectivity index (χ0n) is 13.0. The molecule has 1 N–H and O–H groups in total. The Morgan fingerprint density at radius 1 is 0.833 bits per heavy atom. The van der Waals surface area contributed by atoms with Crippen LogP contribution in [0, 0.1) is 0 Å². The van der Waals surface area contributed by atoms with E-state index in [9.17, 15) is 4.79 Å². The summed E-state index contributed by atoms with van der Waals surface area (Å²) in [5.74, 6) is -0.0310. The van der Waals surface area contributed by atoms with Crippen LogP contribution in [0.1, 0.15) is 27.0 Å². The quantitative estimate of drug-likeness (QED) is 0.747. The van der Waals surface area contributed by atoms with Gasteiger partial charge in [-0.25, -0.2) is 0 Å². The molecule has 24 heavy (non-hydrogen) atoms.